The minimum absolute atomic E-state index is 0.0193. The third-order valence-corrected chi connectivity index (χ3v) is 3.21. The summed E-state index contributed by atoms with van der Waals surface area (Å²) in [7, 11) is 1.74. The normalized spacial score (nSPS) is 19.5. The van der Waals surface area contributed by atoms with Gasteiger partial charge in [-0.05, 0) is 25.7 Å². The van der Waals surface area contributed by atoms with Crippen LogP contribution < -0.4 is 0 Å². The van der Waals surface area contributed by atoms with Gasteiger partial charge in [-0.3, -0.25) is 4.79 Å². The molecule has 18 heavy (non-hydrogen) atoms. The predicted molar refractivity (Wildman–Crippen MR) is 69.2 cm³/mol. The van der Waals surface area contributed by atoms with E-state index in [1.807, 2.05) is 4.90 Å². The molecule has 1 aliphatic rings. The number of amides is 2. The third kappa shape index (κ3) is 4.55. The lowest BCUT2D eigenvalue weighted by Gasteiger charge is -2.33. The summed E-state index contributed by atoms with van der Waals surface area (Å²) >= 11 is 0. The maximum Gasteiger partial charge on any atom is 0.319 e. The summed E-state index contributed by atoms with van der Waals surface area (Å²) in [4.78, 5) is 26.8. The molecule has 0 bridgehead atoms. The summed E-state index contributed by atoms with van der Waals surface area (Å²) < 4.78 is 4.84. The van der Waals surface area contributed by atoms with Crippen LogP contribution in [-0.4, -0.2) is 55.1 Å². The van der Waals surface area contributed by atoms with Crippen molar-refractivity contribution in [3.05, 3.63) is 0 Å². The first-order valence-corrected chi connectivity index (χ1v) is 6.70. The van der Waals surface area contributed by atoms with Crippen molar-refractivity contribution in [1.29, 1.82) is 0 Å². The maximum absolute atomic E-state index is 12.1. The topological polar surface area (TPSA) is 49.9 Å². The van der Waals surface area contributed by atoms with Crippen LogP contribution in [0.5, 0.6) is 0 Å². The lowest BCUT2D eigenvalue weighted by Crippen LogP contribution is -2.46. The third-order valence-electron chi connectivity index (χ3n) is 3.21. The van der Waals surface area contributed by atoms with Crippen molar-refractivity contribution < 1.29 is 14.3 Å². The number of hydrogen-bond acceptors (Lipinski definition) is 3. The Hall–Kier alpha value is -1.26. The van der Waals surface area contributed by atoms with E-state index in [9.17, 15) is 9.59 Å². The number of likely N-dealkylation sites (tertiary alicyclic amines) is 1. The number of carbonyl (C=O) groups is 2. The highest BCUT2D eigenvalue weighted by atomic mass is 16.5. The molecular weight excluding hydrogens is 232 g/mol. The number of piperidine rings is 1. The molecule has 5 nitrogen and oxygen atoms in total. The first-order chi connectivity index (χ1) is 8.54. The van der Waals surface area contributed by atoms with Crippen LogP contribution in [0.4, 0.5) is 4.79 Å². The summed E-state index contributed by atoms with van der Waals surface area (Å²) in [6, 6.07) is 0.0193. The van der Waals surface area contributed by atoms with Crippen molar-refractivity contribution >= 4 is 12.0 Å². The summed E-state index contributed by atoms with van der Waals surface area (Å²) in [6.07, 6.45) is 2.52. The van der Waals surface area contributed by atoms with Gasteiger partial charge in [0.05, 0.1) is 13.0 Å². The van der Waals surface area contributed by atoms with Gasteiger partial charge in [0.1, 0.15) is 0 Å². The Bertz CT molecular complexity index is 294. The van der Waals surface area contributed by atoms with Gasteiger partial charge < -0.3 is 14.5 Å². The van der Waals surface area contributed by atoms with Gasteiger partial charge in [0.2, 0.25) is 0 Å². The van der Waals surface area contributed by atoms with Crippen molar-refractivity contribution in [2.45, 2.75) is 33.1 Å². The van der Waals surface area contributed by atoms with E-state index >= 15 is 0 Å². The highest BCUT2D eigenvalue weighted by Gasteiger charge is 2.23. The molecule has 1 unspecified atom stereocenters. The molecule has 0 radical (unpaired) electrons. The largest absolute Gasteiger partial charge is 0.466 e. The second-order valence-corrected chi connectivity index (χ2v) is 4.95. The number of nitrogens with zero attached hydrogens (tertiary/aromatic N) is 2. The van der Waals surface area contributed by atoms with Gasteiger partial charge in [-0.1, -0.05) is 6.92 Å². The maximum atomic E-state index is 12.1. The van der Waals surface area contributed by atoms with Crippen LogP contribution in [0.2, 0.25) is 0 Å². The van der Waals surface area contributed by atoms with Crippen LogP contribution in [-0.2, 0) is 9.53 Å². The first kappa shape index (κ1) is 14.8. The van der Waals surface area contributed by atoms with Crippen LogP contribution in [0.3, 0.4) is 0 Å². The number of esters is 1. The van der Waals surface area contributed by atoms with Gasteiger partial charge in [0.15, 0.2) is 0 Å². The summed E-state index contributed by atoms with van der Waals surface area (Å²) in [5.74, 6) is 0.324. The lowest BCUT2D eigenvalue weighted by atomic mass is 10.0. The Balaban J connectivity index is 2.34. The Morgan fingerprint density at radius 3 is 2.78 bits per heavy atom. The zero-order chi connectivity index (χ0) is 13.5. The first-order valence-electron chi connectivity index (χ1n) is 6.70. The monoisotopic (exact) mass is 256 g/mol. The SMILES string of the molecule is CCOC(=O)CCN(C)C(=O)N1CCCC(C)C1. The smallest absolute Gasteiger partial charge is 0.319 e. The van der Waals surface area contributed by atoms with Crippen LogP contribution in [0.15, 0.2) is 0 Å². The Labute approximate surface area is 109 Å². The predicted octanol–water partition coefficient (Wildman–Crippen LogP) is 1.72. The van der Waals surface area contributed by atoms with E-state index < -0.39 is 0 Å². The molecule has 0 aromatic heterocycles. The van der Waals surface area contributed by atoms with Gasteiger partial charge in [0.25, 0.3) is 0 Å². The number of ether oxygens (including phenoxy) is 1. The minimum atomic E-state index is -0.246. The zero-order valence-electron chi connectivity index (χ0n) is 11.6. The Morgan fingerprint density at radius 2 is 2.17 bits per heavy atom. The molecule has 0 spiro atoms. The molecule has 0 aliphatic carbocycles. The second kappa shape index (κ2) is 7.24. The Morgan fingerprint density at radius 1 is 1.44 bits per heavy atom. The van der Waals surface area contributed by atoms with E-state index in [1.165, 1.54) is 6.42 Å². The highest BCUT2D eigenvalue weighted by molar-refractivity contribution is 5.75. The molecule has 104 valence electrons. The molecular formula is C13H24N2O3. The minimum Gasteiger partial charge on any atom is -0.466 e. The van der Waals surface area contributed by atoms with E-state index in [0.29, 0.717) is 19.1 Å². The molecule has 0 aromatic rings. The van der Waals surface area contributed by atoms with Gasteiger partial charge in [-0.2, -0.15) is 0 Å². The van der Waals surface area contributed by atoms with Crippen LogP contribution in [0.25, 0.3) is 0 Å². The van der Waals surface area contributed by atoms with Gasteiger partial charge >= 0.3 is 12.0 Å². The van der Waals surface area contributed by atoms with Crippen molar-refractivity contribution in [3.63, 3.8) is 0 Å². The van der Waals surface area contributed by atoms with Gasteiger partial charge in [0, 0.05) is 26.7 Å². The zero-order valence-corrected chi connectivity index (χ0v) is 11.6. The molecule has 2 amide bonds. The molecule has 0 aromatic carbocycles. The molecule has 0 N–H and O–H groups in total. The van der Waals surface area contributed by atoms with Crippen LogP contribution >= 0.6 is 0 Å². The van der Waals surface area contributed by atoms with Crippen LogP contribution in [0, 0.1) is 5.92 Å². The number of rotatable bonds is 4. The van der Waals surface area contributed by atoms with Crippen molar-refractivity contribution in [3.8, 4) is 0 Å². The molecule has 5 heteroatoms. The molecule has 1 aliphatic heterocycles. The molecule has 0 saturated carbocycles. The van der Waals surface area contributed by atoms with Crippen molar-refractivity contribution in [2.24, 2.45) is 5.92 Å². The van der Waals surface area contributed by atoms with Crippen LogP contribution in [0.1, 0.15) is 33.1 Å². The summed E-state index contributed by atoms with van der Waals surface area (Å²) in [6.45, 7) is 6.40. The number of urea groups is 1. The fourth-order valence-corrected chi connectivity index (χ4v) is 2.19. The fourth-order valence-electron chi connectivity index (χ4n) is 2.19. The summed E-state index contributed by atoms with van der Waals surface area (Å²) in [5, 5.41) is 0. The Kier molecular flexibility index (Phi) is 5.95. The molecule has 1 rings (SSSR count). The lowest BCUT2D eigenvalue weighted by molar-refractivity contribution is -0.143. The quantitative estimate of drug-likeness (QED) is 0.720. The molecule has 1 heterocycles. The fraction of sp³-hybridized carbons (Fsp3) is 0.846. The summed E-state index contributed by atoms with van der Waals surface area (Å²) in [5.41, 5.74) is 0. The van der Waals surface area contributed by atoms with Gasteiger partial charge in [-0.25, -0.2) is 4.79 Å². The van der Waals surface area contributed by atoms with Crippen molar-refractivity contribution in [1.82, 2.24) is 9.80 Å². The number of carbonyl (C=O) groups excluding carboxylic acids is 2. The molecule has 1 saturated heterocycles. The van der Waals surface area contributed by atoms with E-state index in [-0.39, 0.29) is 18.4 Å². The van der Waals surface area contributed by atoms with E-state index in [4.69, 9.17) is 4.74 Å². The average molecular weight is 256 g/mol. The van der Waals surface area contributed by atoms with E-state index in [1.54, 1.807) is 18.9 Å². The number of hydrogen-bond donors (Lipinski definition) is 0. The second-order valence-electron chi connectivity index (χ2n) is 4.95. The van der Waals surface area contributed by atoms with Gasteiger partial charge in [-0.15, -0.1) is 0 Å². The van der Waals surface area contributed by atoms with Crippen molar-refractivity contribution in [2.75, 3.05) is 33.3 Å². The molecule has 1 atom stereocenters. The van der Waals surface area contributed by atoms with E-state index in [0.717, 1.165) is 19.5 Å². The van der Waals surface area contributed by atoms with E-state index in [2.05, 4.69) is 6.92 Å². The average Bonchev–Trinajstić information content (AvgIpc) is 2.35. The molecule has 1 fully saturated rings. The standard InChI is InChI=1S/C13H24N2O3/c1-4-18-12(16)7-9-14(3)13(17)15-8-5-6-11(2)10-15/h11H,4-10H2,1-3H3. The highest BCUT2D eigenvalue weighted by Crippen LogP contribution is 2.16.